The average Bonchev–Trinajstić information content (AvgIpc) is 2.79. The zero-order valence-electron chi connectivity index (χ0n) is 20.0. The first-order valence-corrected chi connectivity index (χ1v) is 13.3. The number of esters is 1. The van der Waals surface area contributed by atoms with Gasteiger partial charge < -0.3 is 4.74 Å². The van der Waals surface area contributed by atoms with Crippen molar-refractivity contribution in [3.8, 4) is 0 Å². The van der Waals surface area contributed by atoms with Crippen LogP contribution in [0.4, 0.5) is 22.0 Å². The summed E-state index contributed by atoms with van der Waals surface area (Å²) < 4.78 is 70.4. The van der Waals surface area contributed by atoms with E-state index in [1.54, 1.807) is 0 Å². The molecule has 3 fully saturated rings. The van der Waals surface area contributed by atoms with Gasteiger partial charge >= 0.3 is 18.1 Å². The van der Waals surface area contributed by atoms with Crippen LogP contribution in [0.5, 0.6) is 0 Å². The minimum atomic E-state index is -5.52. The molecule has 0 bridgehead atoms. The molecule has 0 radical (unpaired) electrons. The molecule has 0 aliphatic heterocycles. The minimum absolute atomic E-state index is 0.0823. The summed E-state index contributed by atoms with van der Waals surface area (Å²) in [6.45, 7) is 2.24. The van der Waals surface area contributed by atoms with Crippen LogP contribution in [0.15, 0.2) is 0 Å². The van der Waals surface area contributed by atoms with Crippen molar-refractivity contribution in [2.75, 3.05) is 0 Å². The zero-order valence-corrected chi connectivity index (χ0v) is 20.0. The third kappa shape index (κ3) is 7.06. The average molecular weight is 481 g/mol. The van der Waals surface area contributed by atoms with Gasteiger partial charge in [-0.3, -0.25) is 4.79 Å². The van der Waals surface area contributed by atoms with Crippen molar-refractivity contribution < 1.29 is 31.5 Å². The Bertz CT molecular complexity index is 596. The van der Waals surface area contributed by atoms with Gasteiger partial charge in [-0.25, -0.2) is 0 Å². The molecule has 7 heteroatoms. The van der Waals surface area contributed by atoms with Gasteiger partial charge in [-0.05, 0) is 82.0 Å². The summed E-state index contributed by atoms with van der Waals surface area (Å²) in [5, 5.41) is 0. The summed E-state index contributed by atoms with van der Waals surface area (Å²) in [6, 6.07) is 0. The smallest absolute Gasteiger partial charge is 0.453 e. The fourth-order valence-corrected chi connectivity index (χ4v) is 6.49. The van der Waals surface area contributed by atoms with Crippen LogP contribution < -0.4 is 0 Å². The van der Waals surface area contributed by atoms with Crippen LogP contribution in [-0.4, -0.2) is 24.2 Å². The summed E-state index contributed by atoms with van der Waals surface area (Å²) in [5.74, 6) is -4.47. The monoisotopic (exact) mass is 480 g/mol. The van der Waals surface area contributed by atoms with Crippen LogP contribution in [0.1, 0.15) is 110 Å². The summed E-state index contributed by atoms with van der Waals surface area (Å²) in [5.41, 5.74) is 0. The van der Waals surface area contributed by atoms with Crippen molar-refractivity contribution in [2.24, 2.45) is 29.6 Å². The van der Waals surface area contributed by atoms with E-state index >= 15 is 0 Å². The van der Waals surface area contributed by atoms with E-state index in [1.807, 2.05) is 0 Å². The lowest BCUT2D eigenvalue weighted by atomic mass is 9.68. The largest absolute Gasteiger partial charge is 0.462 e. The maximum Gasteiger partial charge on any atom is 0.453 e. The molecule has 2 nitrogen and oxygen atoms in total. The molecule has 3 aliphatic rings. The van der Waals surface area contributed by atoms with Crippen LogP contribution >= 0.6 is 0 Å². The van der Waals surface area contributed by atoms with Gasteiger partial charge in [0, 0.05) is 5.92 Å². The highest BCUT2D eigenvalue weighted by atomic mass is 19.4. The van der Waals surface area contributed by atoms with Crippen LogP contribution in [-0.2, 0) is 9.53 Å². The maximum absolute atomic E-state index is 13.5. The standard InChI is InChI=1S/C26H41F5O2/c1-2-3-4-5-18-6-8-19(9-7-18)20-10-12-21(13-11-20)24(32)33-23-16-14-22(15-17-23)25(27,28)26(29,30)31/h18-23H,2-17H2,1H3. The first-order valence-electron chi connectivity index (χ1n) is 13.3. The van der Waals surface area contributed by atoms with Crippen molar-refractivity contribution in [1.82, 2.24) is 0 Å². The quantitative estimate of drug-likeness (QED) is 0.198. The van der Waals surface area contributed by atoms with E-state index in [0.29, 0.717) is 5.92 Å². The lowest BCUT2D eigenvalue weighted by Gasteiger charge is -2.38. The van der Waals surface area contributed by atoms with E-state index in [4.69, 9.17) is 4.74 Å². The SMILES string of the molecule is CCCCCC1CCC(C2CCC(C(=O)OC3CCC(C(F)(F)C(F)(F)F)CC3)CC2)CC1. The van der Waals surface area contributed by atoms with Gasteiger partial charge in [0.2, 0.25) is 0 Å². The van der Waals surface area contributed by atoms with Gasteiger partial charge in [0.05, 0.1) is 5.92 Å². The first-order chi connectivity index (χ1) is 15.6. The van der Waals surface area contributed by atoms with Crippen LogP contribution in [0.2, 0.25) is 0 Å². The van der Waals surface area contributed by atoms with Crippen LogP contribution in [0.25, 0.3) is 0 Å². The molecule has 3 saturated carbocycles. The lowest BCUT2D eigenvalue weighted by molar-refractivity contribution is -0.306. The molecule has 0 heterocycles. The highest BCUT2D eigenvalue weighted by Gasteiger charge is 2.62. The van der Waals surface area contributed by atoms with Gasteiger partial charge in [-0.15, -0.1) is 0 Å². The number of hydrogen-bond donors (Lipinski definition) is 0. The van der Waals surface area contributed by atoms with Crippen molar-refractivity contribution in [2.45, 2.75) is 128 Å². The van der Waals surface area contributed by atoms with Crippen LogP contribution in [0, 0.1) is 29.6 Å². The molecule has 0 unspecified atom stereocenters. The predicted molar refractivity (Wildman–Crippen MR) is 118 cm³/mol. The first kappa shape index (κ1) is 26.7. The Morgan fingerprint density at radius 2 is 1.30 bits per heavy atom. The summed E-state index contributed by atoms with van der Waals surface area (Å²) in [4.78, 5) is 12.6. The van der Waals surface area contributed by atoms with E-state index in [9.17, 15) is 26.7 Å². The number of halogens is 5. The number of rotatable bonds is 8. The molecule has 0 spiro atoms. The summed E-state index contributed by atoms with van der Waals surface area (Å²) in [6.07, 6.45) is 7.90. The second-order valence-electron chi connectivity index (χ2n) is 10.9. The van der Waals surface area contributed by atoms with E-state index < -0.39 is 24.1 Å². The molecule has 0 N–H and O–H groups in total. The second-order valence-corrected chi connectivity index (χ2v) is 10.9. The highest BCUT2D eigenvalue weighted by Crippen LogP contribution is 2.47. The normalized spacial score (nSPS) is 34.1. The molecule has 0 saturated heterocycles. The van der Waals surface area contributed by atoms with Crippen LogP contribution in [0.3, 0.4) is 0 Å². The number of unbranched alkanes of at least 4 members (excludes halogenated alkanes) is 2. The van der Waals surface area contributed by atoms with E-state index in [2.05, 4.69) is 6.92 Å². The molecule has 0 aromatic heterocycles. The zero-order chi connectivity index (χ0) is 24.1. The molecule has 3 rings (SSSR count). The number of carbonyl (C=O) groups is 1. The van der Waals surface area contributed by atoms with Crippen molar-refractivity contribution in [3.63, 3.8) is 0 Å². The minimum Gasteiger partial charge on any atom is -0.462 e. The molecular weight excluding hydrogens is 439 g/mol. The molecule has 3 aliphatic carbocycles. The van der Waals surface area contributed by atoms with E-state index in [-0.39, 0.29) is 37.6 Å². The molecular formula is C26H41F5O2. The van der Waals surface area contributed by atoms with Gasteiger partial charge in [0.1, 0.15) is 6.10 Å². The third-order valence-corrected chi connectivity index (χ3v) is 8.73. The van der Waals surface area contributed by atoms with Gasteiger partial charge in [-0.2, -0.15) is 22.0 Å². The van der Waals surface area contributed by atoms with Crippen molar-refractivity contribution in [1.29, 1.82) is 0 Å². The lowest BCUT2D eigenvalue weighted by Crippen LogP contribution is -2.45. The Balaban J connectivity index is 1.34. The summed E-state index contributed by atoms with van der Waals surface area (Å²) in [7, 11) is 0. The number of hydrogen-bond acceptors (Lipinski definition) is 2. The van der Waals surface area contributed by atoms with Crippen molar-refractivity contribution in [3.05, 3.63) is 0 Å². The number of ether oxygens (including phenoxy) is 1. The molecule has 0 atom stereocenters. The molecule has 0 aromatic rings. The Hall–Kier alpha value is -0.880. The maximum atomic E-state index is 13.5. The molecule has 0 aromatic carbocycles. The van der Waals surface area contributed by atoms with E-state index in [1.165, 1.54) is 51.4 Å². The number of alkyl halides is 5. The molecule has 0 amide bonds. The molecule has 192 valence electrons. The fraction of sp³-hybridized carbons (Fsp3) is 0.962. The third-order valence-electron chi connectivity index (χ3n) is 8.73. The van der Waals surface area contributed by atoms with E-state index in [0.717, 1.165) is 37.5 Å². The van der Waals surface area contributed by atoms with Gasteiger partial charge in [0.25, 0.3) is 0 Å². The molecule has 33 heavy (non-hydrogen) atoms. The van der Waals surface area contributed by atoms with Gasteiger partial charge in [-0.1, -0.05) is 45.4 Å². The Kier molecular flexibility index (Phi) is 9.47. The predicted octanol–water partition coefficient (Wildman–Crippen LogP) is 8.48. The fourth-order valence-electron chi connectivity index (χ4n) is 6.49. The Morgan fingerprint density at radius 1 is 0.758 bits per heavy atom. The summed E-state index contributed by atoms with van der Waals surface area (Å²) >= 11 is 0. The topological polar surface area (TPSA) is 26.3 Å². The second kappa shape index (κ2) is 11.7. The van der Waals surface area contributed by atoms with Crippen molar-refractivity contribution >= 4 is 5.97 Å². The van der Waals surface area contributed by atoms with Gasteiger partial charge in [0.15, 0.2) is 0 Å². The Labute approximate surface area is 195 Å². The Morgan fingerprint density at radius 3 is 1.82 bits per heavy atom. The highest BCUT2D eigenvalue weighted by molar-refractivity contribution is 5.72. The number of carbonyl (C=O) groups excluding carboxylic acids is 1.